The van der Waals surface area contributed by atoms with Gasteiger partial charge in [-0.1, -0.05) is 0 Å². The van der Waals surface area contributed by atoms with Crippen molar-refractivity contribution in [1.29, 1.82) is 0 Å². The summed E-state index contributed by atoms with van der Waals surface area (Å²) in [5.74, 6) is 1.05. The van der Waals surface area contributed by atoms with Crippen LogP contribution in [-0.2, 0) is 9.59 Å². The maximum Gasteiger partial charge on any atom is 0.323 e. The van der Waals surface area contributed by atoms with Crippen molar-refractivity contribution in [2.24, 2.45) is 0 Å². The molecule has 0 saturated heterocycles. The lowest BCUT2D eigenvalue weighted by Gasteiger charge is -2.12. The third-order valence-electron chi connectivity index (χ3n) is 1.28. The van der Waals surface area contributed by atoms with Crippen LogP contribution in [0, 0.1) is 12.3 Å². The summed E-state index contributed by atoms with van der Waals surface area (Å²) in [6, 6.07) is 0. The minimum absolute atomic E-state index is 0.209. The molecule has 0 aliphatic rings. The number of terminal acetylenes is 1. The summed E-state index contributed by atoms with van der Waals surface area (Å²) in [5, 5.41) is 8.32. The van der Waals surface area contributed by atoms with Crippen LogP contribution in [0.4, 0.5) is 0 Å². The van der Waals surface area contributed by atoms with Gasteiger partial charge in [0.2, 0.25) is 5.91 Å². The van der Waals surface area contributed by atoms with Crippen molar-refractivity contribution in [3.63, 3.8) is 0 Å². The molecule has 1 N–H and O–H groups in total. The molecule has 0 bridgehead atoms. The van der Waals surface area contributed by atoms with Crippen molar-refractivity contribution < 1.29 is 14.7 Å². The normalized spacial score (nSPS) is 8.67. The molecule has 4 nitrogen and oxygen atoms in total. The van der Waals surface area contributed by atoms with Crippen LogP contribution in [0.2, 0.25) is 0 Å². The molecule has 66 valence electrons. The van der Waals surface area contributed by atoms with E-state index in [0.717, 1.165) is 4.90 Å². The van der Waals surface area contributed by atoms with Crippen molar-refractivity contribution in [3.8, 4) is 12.3 Å². The first-order valence-electron chi connectivity index (χ1n) is 3.47. The minimum Gasteiger partial charge on any atom is -0.480 e. The van der Waals surface area contributed by atoms with E-state index >= 15 is 0 Å². The van der Waals surface area contributed by atoms with Gasteiger partial charge < -0.3 is 10.0 Å². The van der Waals surface area contributed by atoms with Crippen molar-refractivity contribution in [3.05, 3.63) is 0 Å². The van der Waals surface area contributed by atoms with Gasteiger partial charge >= 0.3 is 5.97 Å². The molecule has 0 atom stereocenters. The molecule has 0 aliphatic carbocycles. The highest BCUT2D eigenvalue weighted by molar-refractivity contribution is 5.81. The quantitative estimate of drug-likeness (QED) is 0.600. The fourth-order valence-corrected chi connectivity index (χ4v) is 0.661. The molecule has 12 heavy (non-hydrogen) atoms. The Kier molecular flexibility index (Phi) is 4.54. The molecule has 0 aromatic rings. The number of carbonyl (C=O) groups excluding carboxylic acids is 1. The number of likely N-dealkylation sites (N-methyl/N-ethyl adjacent to an activating group) is 1. The Bertz CT molecular complexity index is 217. The first kappa shape index (κ1) is 10.5. The maximum atomic E-state index is 11.0. The second kappa shape index (κ2) is 5.19. The highest BCUT2D eigenvalue weighted by atomic mass is 16.4. The monoisotopic (exact) mass is 169 g/mol. The van der Waals surface area contributed by atoms with Crippen molar-refractivity contribution in [2.75, 3.05) is 13.6 Å². The molecule has 0 fully saturated rings. The number of nitrogens with zero attached hydrogens (tertiary/aromatic N) is 1. The van der Waals surface area contributed by atoms with Gasteiger partial charge in [-0.15, -0.1) is 12.3 Å². The molecule has 4 heteroatoms. The molecule has 0 radical (unpaired) electrons. The molecule has 0 unspecified atom stereocenters. The van der Waals surface area contributed by atoms with Crippen molar-refractivity contribution >= 4 is 11.9 Å². The Morgan fingerprint density at radius 1 is 1.58 bits per heavy atom. The molecule has 0 saturated carbocycles. The Morgan fingerprint density at radius 3 is 2.58 bits per heavy atom. The van der Waals surface area contributed by atoms with Gasteiger partial charge in [-0.05, 0) is 0 Å². The number of rotatable bonds is 4. The summed E-state index contributed by atoms with van der Waals surface area (Å²) in [6.07, 6.45) is 5.50. The summed E-state index contributed by atoms with van der Waals surface area (Å²) >= 11 is 0. The summed E-state index contributed by atoms with van der Waals surface area (Å²) < 4.78 is 0. The lowest BCUT2D eigenvalue weighted by molar-refractivity contribution is -0.143. The summed E-state index contributed by atoms with van der Waals surface area (Å²) in [7, 11) is 1.44. The van der Waals surface area contributed by atoms with Crippen LogP contribution >= 0.6 is 0 Å². The number of hydrogen-bond acceptors (Lipinski definition) is 2. The van der Waals surface area contributed by atoms with E-state index in [4.69, 9.17) is 11.5 Å². The SMILES string of the molecule is C#CCCC(=O)N(C)CC(=O)O. The van der Waals surface area contributed by atoms with Crippen LogP contribution in [0.5, 0.6) is 0 Å². The van der Waals surface area contributed by atoms with Gasteiger partial charge in [-0.3, -0.25) is 9.59 Å². The Labute approximate surface area is 71.2 Å². The van der Waals surface area contributed by atoms with E-state index in [1.165, 1.54) is 7.05 Å². The number of carboxylic acids is 1. The van der Waals surface area contributed by atoms with Crippen molar-refractivity contribution in [2.45, 2.75) is 12.8 Å². The lowest BCUT2D eigenvalue weighted by Crippen LogP contribution is -2.31. The van der Waals surface area contributed by atoms with E-state index in [1.54, 1.807) is 0 Å². The average Bonchev–Trinajstić information content (AvgIpc) is 1.98. The van der Waals surface area contributed by atoms with Gasteiger partial charge in [0, 0.05) is 19.9 Å². The average molecular weight is 169 g/mol. The molecule has 0 rings (SSSR count). The van der Waals surface area contributed by atoms with Gasteiger partial charge in [-0.25, -0.2) is 0 Å². The standard InChI is InChI=1S/C8H11NO3/c1-3-4-5-7(10)9(2)6-8(11)12/h1H,4-6H2,2H3,(H,11,12). The van der Waals surface area contributed by atoms with Gasteiger partial charge in [0.05, 0.1) is 0 Å². The highest BCUT2D eigenvalue weighted by Crippen LogP contribution is 1.93. The predicted molar refractivity (Wildman–Crippen MR) is 43.3 cm³/mol. The zero-order valence-corrected chi connectivity index (χ0v) is 6.91. The smallest absolute Gasteiger partial charge is 0.323 e. The van der Waals surface area contributed by atoms with Crippen LogP contribution < -0.4 is 0 Å². The largest absolute Gasteiger partial charge is 0.480 e. The van der Waals surface area contributed by atoms with Crippen LogP contribution in [0.3, 0.4) is 0 Å². The summed E-state index contributed by atoms with van der Waals surface area (Å²) in [5.41, 5.74) is 0. The third-order valence-corrected chi connectivity index (χ3v) is 1.28. The number of hydrogen-bond donors (Lipinski definition) is 1. The van der Waals surface area contributed by atoms with Crippen molar-refractivity contribution in [1.82, 2.24) is 4.90 Å². The van der Waals surface area contributed by atoms with E-state index in [-0.39, 0.29) is 18.9 Å². The number of amides is 1. The second-order valence-electron chi connectivity index (χ2n) is 2.35. The van der Waals surface area contributed by atoms with E-state index in [1.807, 2.05) is 0 Å². The number of aliphatic carboxylic acids is 1. The van der Waals surface area contributed by atoms with E-state index in [9.17, 15) is 9.59 Å². The molecule has 0 spiro atoms. The number of carboxylic acid groups (broad SMARTS) is 1. The molecule has 0 aromatic carbocycles. The zero-order chi connectivity index (χ0) is 9.56. The third kappa shape index (κ3) is 4.34. The number of carbonyl (C=O) groups is 2. The van der Waals surface area contributed by atoms with Crippen LogP contribution in [-0.4, -0.2) is 35.5 Å². The zero-order valence-electron chi connectivity index (χ0n) is 6.91. The maximum absolute atomic E-state index is 11.0. The van der Waals surface area contributed by atoms with Gasteiger partial charge in [-0.2, -0.15) is 0 Å². The molecular weight excluding hydrogens is 158 g/mol. The molecule has 0 aliphatic heterocycles. The fraction of sp³-hybridized carbons (Fsp3) is 0.500. The summed E-state index contributed by atoms with van der Waals surface area (Å²) in [4.78, 5) is 22.3. The van der Waals surface area contributed by atoms with Crippen LogP contribution in [0.25, 0.3) is 0 Å². The second-order valence-corrected chi connectivity index (χ2v) is 2.35. The van der Waals surface area contributed by atoms with Gasteiger partial charge in [0.15, 0.2) is 0 Å². The Hall–Kier alpha value is -1.50. The van der Waals surface area contributed by atoms with Gasteiger partial charge in [0.1, 0.15) is 6.54 Å². The Morgan fingerprint density at radius 2 is 2.17 bits per heavy atom. The fourth-order valence-electron chi connectivity index (χ4n) is 0.661. The highest BCUT2D eigenvalue weighted by Gasteiger charge is 2.10. The first-order valence-corrected chi connectivity index (χ1v) is 3.47. The van der Waals surface area contributed by atoms with E-state index in [0.29, 0.717) is 6.42 Å². The van der Waals surface area contributed by atoms with Crippen LogP contribution in [0.1, 0.15) is 12.8 Å². The lowest BCUT2D eigenvalue weighted by atomic mass is 10.3. The van der Waals surface area contributed by atoms with E-state index in [2.05, 4.69) is 5.92 Å². The minimum atomic E-state index is -1.02. The van der Waals surface area contributed by atoms with E-state index < -0.39 is 5.97 Å². The molecular formula is C8H11NO3. The predicted octanol–water partition coefficient (Wildman–Crippen LogP) is -0.0572. The van der Waals surface area contributed by atoms with Crippen LogP contribution in [0.15, 0.2) is 0 Å². The topological polar surface area (TPSA) is 57.6 Å². The molecule has 0 heterocycles. The Balaban J connectivity index is 3.78. The molecule has 1 amide bonds. The summed E-state index contributed by atoms with van der Waals surface area (Å²) in [6.45, 7) is -0.274. The van der Waals surface area contributed by atoms with Gasteiger partial charge in [0.25, 0.3) is 0 Å². The molecule has 0 aromatic heterocycles. The first-order chi connectivity index (χ1) is 5.57.